The van der Waals surface area contributed by atoms with Crippen LogP contribution in [0.4, 0.5) is 4.39 Å². The number of nitrogens with zero attached hydrogens (tertiary/aromatic N) is 2. The SMILES string of the molecule is Cc1onc(-c2c(F)cccc2Cl)c1C(=O)N(C)Cc1ccco1. The third-order valence-electron chi connectivity index (χ3n) is 3.60. The molecule has 0 unspecified atom stereocenters. The van der Waals surface area contributed by atoms with Crippen LogP contribution in [0.15, 0.2) is 45.5 Å². The molecule has 0 radical (unpaired) electrons. The Kier molecular flexibility index (Phi) is 4.40. The van der Waals surface area contributed by atoms with Gasteiger partial charge in [-0.1, -0.05) is 22.8 Å². The summed E-state index contributed by atoms with van der Waals surface area (Å²) in [5, 5.41) is 4.00. The number of hydrogen-bond acceptors (Lipinski definition) is 4. The van der Waals surface area contributed by atoms with Gasteiger partial charge in [-0.25, -0.2) is 4.39 Å². The number of halogens is 2. The fraction of sp³-hybridized carbons (Fsp3) is 0.176. The minimum absolute atomic E-state index is 0.0470. The van der Waals surface area contributed by atoms with Crippen molar-refractivity contribution in [1.29, 1.82) is 0 Å². The molecule has 0 saturated carbocycles. The van der Waals surface area contributed by atoms with Crippen LogP contribution in [-0.4, -0.2) is 23.0 Å². The Morgan fingerprint density at radius 1 is 1.33 bits per heavy atom. The van der Waals surface area contributed by atoms with E-state index in [4.69, 9.17) is 20.5 Å². The summed E-state index contributed by atoms with van der Waals surface area (Å²) in [7, 11) is 1.62. The molecule has 0 aliphatic rings. The van der Waals surface area contributed by atoms with Gasteiger partial charge < -0.3 is 13.8 Å². The summed E-state index contributed by atoms with van der Waals surface area (Å²) < 4.78 is 24.6. The third kappa shape index (κ3) is 2.92. The molecular formula is C17H14ClFN2O3. The molecule has 2 aromatic heterocycles. The molecule has 0 aliphatic carbocycles. The standard InChI is InChI=1S/C17H14ClFN2O3/c1-10-14(17(22)21(2)9-11-5-4-8-23-11)16(20-24-10)15-12(18)6-3-7-13(15)19/h3-8H,9H2,1-2H3. The van der Waals surface area contributed by atoms with Crippen LogP contribution in [0.3, 0.4) is 0 Å². The monoisotopic (exact) mass is 348 g/mol. The molecular weight excluding hydrogens is 335 g/mol. The number of carbonyl (C=O) groups is 1. The molecule has 2 heterocycles. The third-order valence-corrected chi connectivity index (χ3v) is 3.91. The molecule has 3 rings (SSSR count). The van der Waals surface area contributed by atoms with Crippen LogP contribution < -0.4 is 0 Å². The van der Waals surface area contributed by atoms with Crippen LogP contribution in [0, 0.1) is 12.7 Å². The normalized spacial score (nSPS) is 10.8. The minimum atomic E-state index is -0.571. The van der Waals surface area contributed by atoms with Gasteiger partial charge in [0.2, 0.25) is 0 Å². The van der Waals surface area contributed by atoms with E-state index in [2.05, 4.69) is 5.16 Å². The Labute approximate surface area is 142 Å². The van der Waals surface area contributed by atoms with Gasteiger partial charge in [0, 0.05) is 7.05 Å². The maximum absolute atomic E-state index is 14.2. The van der Waals surface area contributed by atoms with E-state index in [0.717, 1.165) is 0 Å². The number of aryl methyl sites for hydroxylation is 1. The maximum atomic E-state index is 14.2. The lowest BCUT2D eigenvalue weighted by Gasteiger charge is -2.16. The van der Waals surface area contributed by atoms with Gasteiger partial charge >= 0.3 is 0 Å². The van der Waals surface area contributed by atoms with E-state index in [0.29, 0.717) is 11.5 Å². The first-order valence-corrected chi connectivity index (χ1v) is 7.55. The van der Waals surface area contributed by atoms with Crippen LogP contribution >= 0.6 is 11.6 Å². The molecule has 0 N–H and O–H groups in total. The van der Waals surface area contributed by atoms with Crippen molar-refractivity contribution in [1.82, 2.24) is 10.1 Å². The van der Waals surface area contributed by atoms with Crippen molar-refractivity contribution in [2.75, 3.05) is 7.05 Å². The Bertz CT molecular complexity index is 854. The second kappa shape index (κ2) is 6.49. The highest BCUT2D eigenvalue weighted by Crippen LogP contribution is 2.34. The van der Waals surface area contributed by atoms with Crippen molar-refractivity contribution < 1.29 is 18.1 Å². The van der Waals surface area contributed by atoms with E-state index in [1.54, 1.807) is 26.1 Å². The second-order valence-electron chi connectivity index (χ2n) is 5.30. The highest BCUT2D eigenvalue weighted by Gasteiger charge is 2.27. The van der Waals surface area contributed by atoms with Crippen molar-refractivity contribution >= 4 is 17.5 Å². The number of rotatable bonds is 4. The van der Waals surface area contributed by atoms with E-state index in [9.17, 15) is 9.18 Å². The Balaban J connectivity index is 2.00. The van der Waals surface area contributed by atoms with E-state index >= 15 is 0 Å². The lowest BCUT2D eigenvalue weighted by molar-refractivity contribution is 0.0774. The average molecular weight is 349 g/mol. The maximum Gasteiger partial charge on any atom is 0.259 e. The van der Waals surface area contributed by atoms with Crippen LogP contribution in [0.2, 0.25) is 5.02 Å². The van der Waals surface area contributed by atoms with Gasteiger partial charge in [0.05, 0.1) is 23.4 Å². The highest BCUT2D eigenvalue weighted by molar-refractivity contribution is 6.33. The lowest BCUT2D eigenvalue weighted by Crippen LogP contribution is -2.26. The van der Waals surface area contributed by atoms with Crippen molar-refractivity contribution in [3.05, 3.63) is 64.5 Å². The Morgan fingerprint density at radius 3 is 2.79 bits per heavy atom. The molecule has 0 spiro atoms. The second-order valence-corrected chi connectivity index (χ2v) is 5.71. The smallest absolute Gasteiger partial charge is 0.259 e. The van der Waals surface area contributed by atoms with Crippen molar-refractivity contribution in [2.24, 2.45) is 0 Å². The van der Waals surface area contributed by atoms with Gasteiger partial charge in [-0.05, 0) is 31.2 Å². The highest BCUT2D eigenvalue weighted by atomic mass is 35.5. The topological polar surface area (TPSA) is 59.5 Å². The summed E-state index contributed by atoms with van der Waals surface area (Å²) in [5.41, 5.74) is 0.314. The average Bonchev–Trinajstić information content (AvgIpc) is 3.16. The van der Waals surface area contributed by atoms with Crippen LogP contribution in [0.25, 0.3) is 11.3 Å². The van der Waals surface area contributed by atoms with Gasteiger partial charge in [-0.2, -0.15) is 0 Å². The molecule has 7 heteroatoms. The van der Waals surface area contributed by atoms with Crippen LogP contribution in [0.5, 0.6) is 0 Å². The fourth-order valence-corrected chi connectivity index (χ4v) is 2.67. The zero-order valence-electron chi connectivity index (χ0n) is 13.0. The van der Waals surface area contributed by atoms with Crippen LogP contribution in [-0.2, 0) is 6.54 Å². The number of aromatic nitrogens is 1. The summed E-state index contributed by atoms with van der Waals surface area (Å²) in [5.74, 6) is -0.0101. The zero-order chi connectivity index (χ0) is 17.3. The quantitative estimate of drug-likeness (QED) is 0.705. The fourth-order valence-electron chi connectivity index (χ4n) is 2.42. The predicted molar refractivity (Wildman–Crippen MR) is 86.1 cm³/mol. The van der Waals surface area contributed by atoms with Gasteiger partial charge in [-0.3, -0.25) is 4.79 Å². The van der Waals surface area contributed by atoms with E-state index in [-0.39, 0.29) is 34.3 Å². The first-order valence-electron chi connectivity index (χ1n) is 7.17. The summed E-state index contributed by atoms with van der Waals surface area (Å²) in [6.07, 6.45) is 1.53. The molecule has 0 atom stereocenters. The predicted octanol–water partition coefficient (Wildman–Crippen LogP) is 4.31. The minimum Gasteiger partial charge on any atom is -0.467 e. The van der Waals surface area contributed by atoms with Crippen molar-refractivity contribution in [2.45, 2.75) is 13.5 Å². The Hall–Kier alpha value is -2.60. The molecule has 1 amide bonds. The van der Waals surface area contributed by atoms with Gasteiger partial charge in [-0.15, -0.1) is 0 Å². The van der Waals surface area contributed by atoms with Gasteiger partial charge in [0.1, 0.15) is 28.6 Å². The van der Waals surface area contributed by atoms with E-state index in [1.165, 1.54) is 29.4 Å². The lowest BCUT2D eigenvalue weighted by atomic mass is 10.0. The molecule has 0 saturated heterocycles. The van der Waals surface area contributed by atoms with Crippen LogP contribution in [0.1, 0.15) is 21.9 Å². The zero-order valence-corrected chi connectivity index (χ0v) is 13.8. The van der Waals surface area contributed by atoms with E-state index in [1.807, 2.05) is 0 Å². The molecule has 124 valence electrons. The number of hydrogen-bond donors (Lipinski definition) is 0. The first-order chi connectivity index (χ1) is 11.5. The molecule has 0 fully saturated rings. The van der Waals surface area contributed by atoms with Crippen molar-refractivity contribution in [3.63, 3.8) is 0 Å². The molecule has 24 heavy (non-hydrogen) atoms. The molecule has 3 aromatic rings. The number of amides is 1. The Morgan fingerprint density at radius 2 is 2.12 bits per heavy atom. The summed E-state index contributed by atoms with van der Waals surface area (Å²) in [6.45, 7) is 1.86. The summed E-state index contributed by atoms with van der Waals surface area (Å²) in [6, 6.07) is 7.78. The largest absolute Gasteiger partial charge is 0.467 e. The molecule has 0 aliphatic heterocycles. The number of benzene rings is 1. The van der Waals surface area contributed by atoms with Crippen molar-refractivity contribution in [3.8, 4) is 11.3 Å². The number of carbonyl (C=O) groups excluding carboxylic acids is 1. The summed E-state index contributed by atoms with van der Waals surface area (Å²) in [4.78, 5) is 14.2. The number of furan rings is 1. The molecule has 5 nitrogen and oxygen atoms in total. The van der Waals surface area contributed by atoms with Gasteiger partial charge in [0.25, 0.3) is 5.91 Å². The summed E-state index contributed by atoms with van der Waals surface area (Å²) >= 11 is 6.08. The first kappa shape index (κ1) is 16.3. The van der Waals surface area contributed by atoms with Gasteiger partial charge in [0.15, 0.2) is 0 Å². The molecule has 1 aromatic carbocycles. The van der Waals surface area contributed by atoms with E-state index < -0.39 is 5.82 Å². The molecule has 0 bridgehead atoms.